The zero-order valence-corrected chi connectivity index (χ0v) is 18.2. The van der Waals surface area contributed by atoms with Crippen LogP contribution in [0.3, 0.4) is 0 Å². The van der Waals surface area contributed by atoms with Gasteiger partial charge in [0.25, 0.3) is 0 Å². The Labute approximate surface area is 178 Å². The topological polar surface area (TPSA) is 73.2 Å². The number of ether oxygens (including phenoxy) is 1. The minimum Gasteiger partial charge on any atom is -0.392 e. The summed E-state index contributed by atoms with van der Waals surface area (Å²) in [5.41, 5.74) is 2.27. The molecule has 164 valence electrons. The summed E-state index contributed by atoms with van der Waals surface area (Å²) in [6, 6.07) is 9.15. The predicted octanol–water partition coefficient (Wildman–Crippen LogP) is 1.08. The highest BCUT2D eigenvalue weighted by molar-refractivity contribution is 5.66. The van der Waals surface area contributed by atoms with E-state index in [1.165, 1.54) is 11.3 Å². The van der Waals surface area contributed by atoms with Crippen LogP contribution in [0.1, 0.15) is 31.7 Å². The van der Waals surface area contributed by atoms with E-state index in [1.807, 2.05) is 0 Å². The third-order valence-corrected chi connectivity index (χ3v) is 10.0. The van der Waals surface area contributed by atoms with Crippen LogP contribution in [0.15, 0.2) is 24.3 Å². The first-order valence-electron chi connectivity index (χ1n) is 11.7. The second-order valence-electron chi connectivity index (χ2n) is 10.6. The highest BCUT2D eigenvalue weighted by Gasteiger charge is 2.83. The molecular formula is C24H35N2O4+. The second kappa shape index (κ2) is 6.20. The van der Waals surface area contributed by atoms with E-state index < -0.39 is 18.4 Å². The number of quaternary nitrogens is 1. The summed E-state index contributed by atoms with van der Waals surface area (Å²) in [4.78, 5) is 2.39. The van der Waals surface area contributed by atoms with Gasteiger partial charge < -0.3 is 25.0 Å². The molecule has 5 bridgehead atoms. The summed E-state index contributed by atoms with van der Waals surface area (Å²) in [7, 11) is 3.78. The average molecular weight is 416 g/mol. The van der Waals surface area contributed by atoms with Gasteiger partial charge in [0.05, 0.1) is 30.2 Å². The lowest BCUT2D eigenvalue weighted by atomic mass is 9.60. The number of hydrogen-bond donors (Lipinski definition) is 3. The van der Waals surface area contributed by atoms with E-state index in [0.717, 1.165) is 19.3 Å². The Morgan fingerprint density at radius 2 is 2.03 bits per heavy atom. The molecule has 6 nitrogen and oxygen atoms in total. The molecule has 1 aliphatic carbocycles. The Kier molecular flexibility index (Phi) is 4.03. The molecule has 0 amide bonds. The number of aliphatic hydroxyl groups excluding tert-OH is 3. The Balaban J connectivity index is 1.56. The number of piperidine rings is 4. The maximum Gasteiger partial charge on any atom is 0.194 e. The minimum atomic E-state index is -0.612. The van der Waals surface area contributed by atoms with Gasteiger partial charge in [0.1, 0.15) is 18.7 Å². The molecule has 1 saturated carbocycles. The van der Waals surface area contributed by atoms with Crippen molar-refractivity contribution in [3.8, 4) is 0 Å². The van der Waals surface area contributed by atoms with E-state index in [2.05, 4.69) is 43.1 Å². The molecule has 1 aromatic rings. The number of methoxy groups -OCH3 is 1. The van der Waals surface area contributed by atoms with E-state index >= 15 is 0 Å². The molecule has 1 spiro atoms. The van der Waals surface area contributed by atoms with Gasteiger partial charge in [0, 0.05) is 44.5 Å². The maximum atomic E-state index is 12.0. The Hall–Kier alpha value is -1.18. The molecule has 4 saturated heterocycles. The van der Waals surface area contributed by atoms with Crippen molar-refractivity contribution < 1.29 is 24.5 Å². The molecule has 4 unspecified atom stereocenters. The number of likely N-dealkylation sites (N-methyl/N-ethyl adjacent to an activating group) is 1. The van der Waals surface area contributed by atoms with Crippen molar-refractivity contribution in [2.45, 2.75) is 68.2 Å². The fraction of sp³-hybridized carbons (Fsp3) is 0.750. The monoisotopic (exact) mass is 415 g/mol. The van der Waals surface area contributed by atoms with Gasteiger partial charge in [-0.15, -0.1) is 0 Å². The van der Waals surface area contributed by atoms with Crippen molar-refractivity contribution in [1.29, 1.82) is 0 Å². The molecule has 11 atom stereocenters. The smallest absolute Gasteiger partial charge is 0.194 e. The summed E-state index contributed by atoms with van der Waals surface area (Å²) in [6.45, 7) is 2.96. The molecule has 0 radical (unpaired) electrons. The third kappa shape index (κ3) is 1.91. The highest BCUT2D eigenvalue weighted by atomic mass is 16.5. The van der Waals surface area contributed by atoms with Crippen molar-refractivity contribution in [3.63, 3.8) is 0 Å². The molecule has 7 rings (SSSR count). The van der Waals surface area contributed by atoms with Gasteiger partial charge >= 0.3 is 0 Å². The van der Waals surface area contributed by atoms with E-state index in [4.69, 9.17) is 4.74 Å². The van der Waals surface area contributed by atoms with Crippen LogP contribution in [0, 0.1) is 17.8 Å². The van der Waals surface area contributed by atoms with Crippen LogP contribution in [0.25, 0.3) is 0 Å². The third-order valence-electron chi connectivity index (χ3n) is 10.0. The fourth-order valence-electron chi connectivity index (χ4n) is 9.37. The molecule has 6 heteroatoms. The van der Waals surface area contributed by atoms with E-state index in [9.17, 15) is 15.3 Å². The second-order valence-corrected chi connectivity index (χ2v) is 10.6. The lowest BCUT2D eigenvalue weighted by Crippen LogP contribution is -2.83. The van der Waals surface area contributed by atoms with Crippen molar-refractivity contribution in [1.82, 2.24) is 0 Å². The van der Waals surface area contributed by atoms with Crippen molar-refractivity contribution in [2.75, 3.05) is 32.2 Å². The first-order chi connectivity index (χ1) is 14.4. The molecule has 0 aromatic heterocycles. The number of rotatable bonds is 5. The zero-order chi connectivity index (χ0) is 21.0. The molecular weight excluding hydrogens is 380 g/mol. The van der Waals surface area contributed by atoms with Crippen LogP contribution in [0.4, 0.5) is 5.69 Å². The van der Waals surface area contributed by atoms with E-state index in [1.54, 1.807) is 7.11 Å². The number of fused-ring (bicyclic) bond motifs is 2. The summed E-state index contributed by atoms with van der Waals surface area (Å²) < 4.78 is 5.82. The standard InChI is InChI=1S/C24H35N2O4/c1-4-14-15-9-18-21-24(16-7-5-6-8-17(16)25(21)2)10-19(20(15)22(24)28)26(18,23(14)29)11-13(27)12-30-3/h5-8,13-15,18-23,27-29H,4,9-12H2,1-3H3/q+1/t13?,14-,15?,18-,19-,20?,21-,22+,23+,24+,26?/m0/s1. The van der Waals surface area contributed by atoms with Crippen LogP contribution < -0.4 is 4.90 Å². The summed E-state index contributed by atoms with van der Waals surface area (Å²) >= 11 is 0. The minimum absolute atomic E-state index is 0.151. The predicted molar refractivity (Wildman–Crippen MR) is 113 cm³/mol. The summed E-state index contributed by atoms with van der Waals surface area (Å²) in [5.74, 6) is 0.732. The maximum absolute atomic E-state index is 12.0. The quantitative estimate of drug-likeness (QED) is 0.628. The molecule has 5 heterocycles. The Morgan fingerprint density at radius 3 is 2.77 bits per heavy atom. The SMILES string of the molecule is CC[C@H]1C2C[C@H]3[C@@H]4N(C)c5ccccc5[C@]45C[C@@H](C2[C@H]5O)[N+]3(CC(O)COC)[C@@H]1O. The molecule has 3 N–H and O–H groups in total. The summed E-state index contributed by atoms with van der Waals surface area (Å²) in [6.07, 6.45) is 1.35. The lowest BCUT2D eigenvalue weighted by Gasteiger charge is -2.68. The lowest BCUT2D eigenvalue weighted by molar-refractivity contribution is -1.04. The van der Waals surface area contributed by atoms with Gasteiger partial charge in [-0.3, -0.25) is 4.48 Å². The zero-order valence-electron chi connectivity index (χ0n) is 18.2. The fourth-order valence-corrected chi connectivity index (χ4v) is 9.37. The van der Waals surface area contributed by atoms with Crippen molar-refractivity contribution in [3.05, 3.63) is 29.8 Å². The number of benzene rings is 1. The van der Waals surface area contributed by atoms with Crippen LogP contribution >= 0.6 is 0 Å². The van der Waals surface area contributed by atoms with Gasteiger partial charge in [0.15, 0.2) is 6.23 Å². The molecule has 30 heavy (non-hydrogen) atoms. The highest BCUT2D eigenvalue weighted by Crippen LogP contribution is 2.71. The number of nitrogens with zero attached hydrogens (tertiary/aromatic N) is 2. The van der Waals surface area contributed by atoms with Crippen LogP contribution in [-0.4, -0.2) is 83.7 Å². The average Bonchev–Trinajstić information content (AvgIpc) is 3.11. The molecule has 5 aliphatic heterocycles. The number of para-hydroxylation sites is 1. The van der Waals surface area contributed by atoms with Gasteiger partial charge in [0.2, 0.25) is 0 Å². The van der Waals surface area contributed by atoms with Crippen molar-refractivity contribution in [2.24, 2.45) is 17.8 Å². The van der Waals surface area contributed by atoms with Gasteiger partial charge in [-0.1, -0.05) is 25.1 Å². The number of aliphatic hydroxyl groups is 3. The Bertz CT molecular complexity index is 865. The Morgan fingerprint density at radius 1 is 1.27 bits per heavy atom. The summed E-state index contributed by atoms with van der Waals surface area (Å²) in [5, 5.41) is 34.6. The first-order valence-corrected chi connectivity index (χ1v) is 11.7. The molecule has 1 aromatic carbocycles. The number of anilines is 1. The van der Waals surface area contributed by atoms with Gasteiger partial charge in [-0.05, 0) is 24.0 Å². The molecule has 5 fully saturated rings. The first kappa shape index (κ1) is 19.5. The largest absolute Gasteiger partial charge is 0.392 e. The van der Waals surface area contributed by atoms with Gasteiger partial charge in [-0.25, -0.2) is 0 Å². The van der Waals surface area contributed by atoms with Crippen molar-refractivity contribution >= 4 is 5.69 Å². The normalized spacial score (nSPS) is 50.7. The van der Waals surface area contributed by atoms with E-state index in [-0.39, 0.29) is 42.0 Å². The molecule has 6 aliphatic rings. The van der Waals surface area contributed by atoms with Gasteiger partial charge in [-0.2, -0.15) is 0 Å². The number of hydrogen-bond acceptors (Lipinski definition) is 5. The van der Waals surface area contributed by atoms with Crippen LogP contribution in [0.5, 0.6) is 0 Å². The van der Waals surface area contributed by atoms with Crippen LogP contribution in [0.2, 0.25) is 0 Å². The van der Waals surface area contributed by atoms with E-state index in [0.29, 0.717) is 16.9 Å². The van der Waals surface area contributed by atoms with Crippen LogP contribution in [-0.2, 0) is 10.2 Å².